The van der Waals surface area contributed by atoms with Crippen LogP contribution in [0.4, 0.5) is 10.7 Å². The first-order valence-electron chi connectivity index (χ1n) is 8.97. The molecule has 0 spiro atoms. The predicted octanol–water partition coefficient (Wildman–Crippen LogP) is 2.01. The zero-order valence-electron chi connectivity index (χ0n) is 14.4. The molecule has 1 fully saturated rings. The summed E-state index contributed by atoms with van der Waals surface area (Å²) in [5.41, 5.74) is 1.90. The first kappa shape index (κ1) is 15.9. The van der Waals surface area contributed by atoms with Gasteiger partial charge in [0.25, 0.3) is 0 Å². The summed E-state index contributed by atoms with van der Waals surface area (Å²) in [4.78, 5) is 31.1. The van der Waals surface area contributed by atoms with Crippen molar-refractivity contribution in [1.82, 2.24) is 20.2 Å². The molecule has 25 heavy (non-hydrogen) atoms. The number of nitrogens with zero attached hydrogens (tertiary/aromatic N) is 3. The maximum absolute atomic E-state index is 12.6. The summed E-state index contributed by atoms with van der Waals surface area (Å²) < 4.78 is 2.04. The standard InChI is InChI=1S/C18H23N5O2/c1-12(16(24)20-13-6-2-3-7-13)19-18(25)23-11-10-22-15-9-5-4-8-14(15)21-17(22)23/h4-5,8-9,12-13H,2-3,6-7,10-11H2,1H3,(H,19,25)(H,20,24)/t12-/m0/s1. The minimum atomic E-state index is -0.563. The third-order valence-electron chi connectivity index (χ3n) is 5.10. The van der Waals surface area contributed by atoms with Gasteiger partial charge < -0.3 is 15.2 Å². The van der Waals surface area contributed by atoms with Crippen LogP contribution in [0.5, 0.6) is 0 Å². The number of hydrogen-bond acceptors (Lipinski definition) is 3. The Hall–Kier alpha value is -2.57. The fraction of sp³-hybridized carbons (Fsp3) is 0.500. The van der Waals surface area contributed by atoms with Crippen LogP contribution in [-0.4, -0.2) is 40.1 Å². The van der Waals surface area contributed by atoms with E-state index in [1.807, 2.05) is 28.8 Å². The Balaban J connectivity index is 1.43. The summed E-state index contributed by atoms with van der Waals surface area (Å²) >= 11 is 0. The van der Waals surface area contributed by atoms with Gasteiger partial charge in [-0.1, -0.05) is 25.0 Å². The second-order valence-corrected chi connectivity index (χ2v) is 6.86. The van der Waals surface area contributed by atoms with E-state index in [9.17, 15) is 9.59 Å². The quantitative estimate of drug-likeness (QED) is 0.896. The Morgan fingerprint density at radius 3 is 2.76 bits per heavy atom. The number of nitrogens with one attached hydrogen (secondary N) is 2. The van der Waals surface area contributed by atoms with Gasteiger partial charge in [-0.2, -0.15) is 0 Å². The highest BCUT2D eigenvalue weighted by molar-refractivity contribution is 5.96. The minimum Gasteiger partial charge on any atom is -0.352 e. The van der Waals surface area contributed by atoms with E-state index in [4.69, 9.17) is 0 Å². The summed E-state index contributed by atoms with van der Waals surface area (Å²) in [5, 5.41) is 5.82. The summed E-state index contributed by atoms with van der Waals surface area (Å²) in [6, 6.07) is 7.26. The van der Waals surface area contributed by atoms with E-state index in [-0.39, 0.29) is 18.0 Å². The van der Waals surface area contributed by atoms with E-state index in [0.717, 1.165) is 36.7 Å². The molecular weight excluding hydrogens is 318 g/mol. The molecule has 1 aliphatic carbocycles. The van der Waals surface area contributed by atoms with Crippen LogP contribution in [0.25, 0.3) is 11.0 Å². The largest absolute Gasteiger partial charge is 0.352 e. The van der Waals surface area contributed by atoms with Crippen LogP contribution in [0.3, 0.4) is 0 Å². The average Bonchev–Trinajstić information content (AvgIpc) is 3.30. The van der Waals surface area contributed by atoms with Crippen LogP contribution in [0.2, 0.25) is 0 Å². The number of rotatable bonds is 3. The van der Waals surface area contributed by atoms with Crippen molar-refractivity contribution in [3.05, 3.63) is 24.3 Å². The van der Waals surface area contributed by atoms with Crippen LogP contribution in [0, 0.1) is 0 Å². The van der Waals surface area contributed by atoms with Gasteiger partial charge in [0.2, 0.25) is 11.9 Å². The molecule has 2 N–H and O–H groups in total. The molecule has 132 valence electrons. The van der Waals surface area contributed by atoms with Crippen molar-refractivity contribution in [3.8, 4) is 0 Å². The normalized spacial score (nSPS) is 18.4. The molecule has 7 nitrogen and oxygen atoms in total. The van der Waals surface area contributed by atoms with Gasteiger partial charge in [0.05, 0.1) is 11.0 Å². The zero-order valence-corrected chi connectivity index (χ0v) is 14.4. The molecule has 4 rings (SSSR count). The van der Waals surface area contributed by atoms with Crippen LogP contribution in [0.15, 0.2) is 24.3 Å². The van der Waals surface area contributed by atoms with E-state index in [1.54, 1.807) is 11.8 Å². The Bertz CT molecular complexity index is 809. The van der Waals surface area contributed by atoms with Crippen molar-refractivity contribution in [2.24, 2.45) is 0 Å². The van der Waals surface area contributed by atoms with Gasteiger partial charge in [-0.25, -0.2) is 9.78 Å². The molecule has 0 saturated heterocycles. The third kappa shape index (κ3) is 2.94. The first-order valence-corrected chi connectivity index (χ1v) is 8.97. The number of fused-ring (bicyclic) bond motifs is 3. The maximum Gasteiger partial charge on any atom is 0.324 e. The lowest BCUT2D eigenvalue weighted by atomic mass is 10.2. The summed E-state index contributed by atoms with van der Waals surface area (Å²) in [7, 11) is 0. The van der Waals surface area contributed by atoms with Gasteiger partial charge >= 0.3 is 6.03 Å². The Morgan fingerprint density at radius 1 is 1.20 bits per heavy atom. The molecule has 1 atom stereocenters. The molecule has 1 saturated carbocycles. The van der Waals surface area contributed by atoms with E-state index in [1.165, 1.54) is 0 Å². The topological polar surface area (TPSA) is 79.3 Å². The Kier molecular flexibility index (Phi) is 4.07. The van der Waals surface area contributed by atoms with E-state index >= 15 is 0 Å². The first-order chi connectivity index (χ1) is 12.1. The molecule has 2 aromatic rings. The van der Waals surface area contributed by atoms with Crippen LogP contribution in [-0.2, 0) is 11.3 Å². The number of urea groups is 1. The second kappa shape index (κ2) is 6.38. The number of para-hydroxylation sites is 2. The van der Waals surface area contributed by atoms with Crippen molar-refractivity contribution < 1.29 is 9.59 Å². The van der Waals surface area contributed by atoms with E-state index in [0.29, 0.717) is 19.0 Å². The fourth-order valence-corrected chi connectivity index (χ4v) is 3.71. The SMILES string of the molecule is C[C@H](NC(=O)N1CCn2c1nc1ccccc12)C(=O)NC1CCCC1. The molecule has 1 aliphatic heterocycles. The second-order valence-electron chi connectivity index (χ2n) is 6.86. The number of benzene rings is 1. The number of anilines is 1. The number of aromatic nitrogens is 2. The fourth-order valence-electron chi connectivity index (χ4n) is 3.71. The lowest BCUT2D eigenvalue weighted by Gasteiger charge is -2.21. The highest BCUT2D eigenvalue weighted by Gasteiger charge is 2.30. The van der Waals surface area contributed by atoms with Crippen molar-refractivity contribution >= 4 is 28.9 Å². The van der Waals surface area contributed by atoms with Gasteiger partial charge in [0, 0.05) is 19.1 Å². The van der Waals surface area contributed by atoms with Crippen LogP contribution in [0.1, 0.15) is 32.6 Å². The monoisotopic (exact) mass is 341 g/mol. The van der Waals surface area contributed by atoms with Gasteiger partial charge in [0.1, 0.15) is 6.04 Å². The smallest absolute Gasteiger partial charge is 0.324 e. The molecule has 7 heteroatoms. The lowest BCUT2D eigenvalue weighted by molar-refractivity contribution is -0.123. The molecular formula is C18H23N5O2. The number of carbonyl (C=O) groups excluding carboxylic acids is 2. The Labute approximate surface area is 146 Å². The lowest BCUT2D eigenvalue weighted by Crippen LogP contribution is -2.51. The van der Waals surface area contributed by atoms with Gasteiger partial charge in [0.15, 0.2) is 0 Å². The average molecular weight is 341 g/mol. The van der Waals surface area contributed by atoms with Crippen LogP contribution < -0.4 is 15.5 Å². The van der Waals surface area contributed by atoms with Crippen molar-refractivity contribution in [2.45, 2.75) is 51.2 Å². The maximum atomic E-state index is 12.6. The summed E-state index contributed by atoms with van der Waals surface area (Å²) in [6.45, 7) is 3.00. The predicted molar refractivity (Wildman–Crippen MR) is 95.5 cm³/mol. The summed E-state index contributed by atoms with van der Waals surface area (Å²) in [5.74, 6) is 0.523. The molecule has 1 aromatic heterocycles. The number of imidazole rings is 1. The van der Waals surface area contributed by atoms with Crippen molar-refractivity contribution in [1.29, 1.82) is 0 Å². The summed E-state index contributed by atoms with van der Waals surface area (Å²) in [6.07, 6.45) is 4.39. The van der Waals surface area contributed by atoms with Gasteiger partial charge in [-0.05, 0) is 31.9 Å². The van der Waals surface area contributed by atoms with Crippen molar-refractivity contribution in [2.75, 3.05) is 11.4 Å². The molecule has 0 unspecified atom stereocenters. The third-order valence-corrected chi connectivity index (χ3v) is 5.10. The van der Waals surface area contributed by atoms with E-state index in [2.05, 4.69) is 15.6 Å². The highest BCUT2D eigenvalue weighted by Crippen LogP contribution is 2.27. The molecule has 0 bridgehead atoms. The van der Waals surface area contributed by atoms with Gasteiger partial charge in [-0.3, -0.25) is 9.69 Å². The highest BCUT2D eigenvalue weighted by atomic mass is 16.2. The number of carbonyl (C=O) groups is 2. The Morgan fingerprint density at radius 2 is 1.96 bits per heavy atom. The molecule has 3 amide bonds. The van der Waals surface area contributed by atoms with Crippen molar-refractivity contribution in [3.63, 3.8) is 0 Å². The molecule has 1 aromatic carbocycles. The van der Waals surface area contributed by atoms with Crippen LogP contribution >= 0.6 is 0 Å². The minimum absolute atomic E-state index is 0.118. The number of amides is 3. The molecule has 0 radical (unpaired) electrons. The zero-order chi connectivity index (χ0) is 17.4. The molecule has 2 heterocycles. The van der Waals surface area contributed by atoms with Gasteiger partial charge in [-0.15, -0.1) is 0 Å². The number of hydrogen-bond donors (Lipinski definition) is 2. The van der Waals surface area contributed by atoms with E-state index < -0.39 is 6.04 Å². The molecule has 2 aliphatic rings.